The fraction of sp³-hybridized carbons (Fsp3) is 0.353. The Balaban J connectivity index is 0.000000515. The van der Waals surface area contributed by atoms with Gasteiger partial charge in [0.05, 0.1) is 6.42 Å². The van der Waals surface area contributed by atoms with Crippen LogP contribution in [0, 0.1) is 6.92 Å². The molecule has 0 saturated heterocycles. The number of aryl methyl sites for hydroxylation is 1. The van der Waals surface area contributed by atoms with Crippen LogP contribution in [-0.2, 0) is 9.59 Å². The fourth-order valence-electron chi connectivity index (χ4n) is 1.58. The highest BCUT2D eigenvalue weighted by Crippen LogP contribution is 2.22. The molecule has 0 unspecified atom stereocenters. The second-order valence-corrected chi connectivity index (χ2v) is 5.64. The van der Waals surface area contributed by atoms with Gasteiger partial charge in [-0.25, -0.2) is 0 Å². The number of nitrogens with zero attached hydrogens (tertiary/aromatic N) is 1. The molecule has 0 aliphatic carbocycles. The lowest BCUT2D eigenvalue weighted by molar-refractivity contribution is -0.136. The van der Waals surface area contributed by atoms with E-state index < -0.39 is 5.97 Å². The number of carboxylic acid groups (broad SMARTS) is 1. The summed E-state index contributed by atoms with van der Waals surface area (Å²) in [6.45, 7) is 8.22. The maximum atomic E-state index is 9.72. The maximum Gasteiger partial charge on any atom is 0.305 e. The summed E-state index contributed by atoms with van der Waals surface area (Å²) in [7, 11) is 0. The molecule has 0 aliphatic heterocycles. The van der Waals surface area contributed by atoms with E-state index in [9.17, 15) is 9.59 Å². The smallest absolute Gasteiger partial charge is 0.305 e. The molecule has 0 aromatic carbocycles. The van der Waals surface area contributed by atoms with Crippen LogP contribution in [0.4, 0.5) is 0 Å². The molecule has 0 saturated carbocycles. The Morgan fingerprint density at radius 1 is 1.35 bits per heavy atom. The Kier molecular flexibility index (Phi) is 10.4. The van der Waals surface area contributed by atoms with Crippen LogP contribution in [-0.4, -0.2) is 29.0 Å². The summed E-state index contributed by atoms with van der Waals surface area (Å²) in [6, 6.07) is 4.08. The molecule has 23 heavy (non-hydrogen) atoms. The van der Waals surface area contributed by atoms with Gasteiger partial charge in [0.2, 0.25) is 6.41 Å². The number of allylic oxidation sites excluding steroid dienone is 4. The zero-order valence-electron chi connectivity index (χ0n) is 13.9. The molecule has 2 N–H and O–H groups in total. The topological polar surface area (TPSA) is 79.3 Å². The standard InChI is InChI=1S/C13H16ClN.C4H7NO3/c1-9(2)13(7-10(3)14)12-6-5-11(4)15-8-12;6-3-5-2-1-4(7)8/h5-8H,1-4H3;3H,1-2H2,(H,5,6)(H,7,8)/b10-7+;. The predicted molar refractivity (Wildman–Crippen MR) is 93.2 cm³/mol. The van der Waals surface area contributed by atoms with Crippen molar-refractivity contribution in [3.05, 3.63) is 46.3 Å². The highest BCUT2D eigenvalue weighted by atomic mass is 35.5. The number of carbonyl (C=O) groups is 2. The van der Waals surface area contributed by atoms with E-state index in [1.807, 2.05) is 32.2 Å². The van der Waals surface area contributed by atoms with Crippen LogP contribution in [0.25, 0.3) is 5.57 Å². The van der Waals surface area contributed by atoms with Crippen LogP contribution in [0.5, 0.6) is 0 Å². The predicted octanol–water partition coefficient (Wildman–Crippen LogP) is 3.53. The number of carboxylic acids is 1. The van der Waals surface area contributed by atoms with E-state index in [2.05, 4.69) is 30.2 Å². The Labute approximate surface area is 142 Å². The minimum atomic E-state index is -0.903. The molecule has 126 valence electrons. The van der Waals surface area contributed by atoms with Crippen LogP contribution in [0.1, 0.15) is 38.4 Å². The summed E-state index contributed by atoms with van der Waals surface area (Å²) in [4.78, 5) is 23.5. The van der Waals surface area contributed by atoms with Gasteiger partial charge in [0.25, 0.3) is 0 Å². The van der Waals surface area contributed by atoms with Crippen molar-refractivity contribution in [2.75, 3.05) is 6.54 Å². The molecule has 0 aliphatic rings. The van der Waals surface area contributed by atoms with Crippen molar-refractivity contribution in [1.29, 1.82) is 0 Å². The molecule has 5 nitrogen and oxygen atoms in total. The van der Waals surface area contributed by atoms with Crippen molar-refractivity contribution >= 4 is 29.6 Å². The molecule has 0 fully saturated rings. The highest BCUT2D eigenvalue weighted by Gasteiger charge is 2.01. The number of hydrogen-bond acceptors (Lipinski definition) is 3. The lowest BCUT2D eigenvalue weighted by atomic mass is 10.0. The number of rotatable bonds is 6. The van der Waals surface area contributed by atoms with Gasteiger partial charge >= 0.3 is 5.97 Å². The molecule has 1 amide bonds. The van der Waals surface area contributed by atoms with Gasteiger partial charge in [-0.15, -0.1) is 0 Å². The Hall–Kier alpha value is -2.14. The number of carbonyl (C=O) groups excluding carboxylic acids is 1. The lowest BCUT2D eigenvalue weighted by Crippen LogP contribution is -2.15. The van der Waals surface area contributed by atoms with E-state index in [0.717, 1.165) is 21.9 Å². The van der Waals surface area contributed by atoms with Crippen LogP contribution in [0.3, 0.4) is 0 Å². The Morgan fingerprint density at radius 3 is 2.39 bits per heavy atom. The second kappa shape index (κ2) is 11.4. The first-order chi connectivity index (χ1) is 10.8. The third kappa shape index (κ3) is 10.3. The van der Waals surface area contributed by atoms with Gasteiger partial charge in [-0.05, 0) is 51.0 Å². The first kappa shape index (κ1) is 20.9. The average Bonchev–Trinajstić information content (AvgIpc) is 2.46. The highest BCUT2D eigenvalue weighted by molar-refractivity contribution is 6.29. The molecule has 6 heteroatoms. The van der Waals surface area contributed by atoms with Crippen LogP contribution < -0.4 is 5.32 Å². The molecular formula is C17H23ClN2O3. The number of aromatic nitrogens is 1. The van der Waals surface area contributed by atoms with Gasteiger partial charge in [-0.1, -0.05) is 23.2 Å². The maximum absolute atomic E-state index is 9.72. The molecule has 0 radical (unpaired) electrons. The molecular weight excluding hydrogens is 316 g/mol. The molecule has 0 spiro atoms. The zero-order valence-corrected chi connectivity index (χ0v) is 14.6. The van der Waals surface area contributed by atoms with Crippen molar-refractivity contribution in [2.24, 2.45) is 0 Å². The molecule has 0 atom stereocenters. The number of pyridine rings is 1. The van der Waals surface area contributed by atoms with Crippen molar-refractivity contribution in [3.63, 3.8) is 0 Å². The molecule has 1 rings (SSSR count). The number of amides is 1. The second-order valence-electron chi connectivity index (χ2n) is 5.05. The molecule has 1 heterocycles. The van der Waals surface area contributed by atoms with Crippen LogP contribution in [0.15, 0.2) is 35.0 Å². The lowest BCUT2D eigenvalue weighted by Gasteiger charge is -2.06. The Morgan fingerprint density at radius 2 is 2.00 bits per heavy atom. The van der Waals surface area contributed by atoms with E-state index in [0.29, 0.717) is 6.41 Å². The van der Waals surface area contributed by atoms with Crippen LogP contribution >= 0.6 is 11.6 Å². The quantitative estimate of drug-likeness (QED) is 0.472. The number of halogens is 1. The van der Waals surface area contributed by atoms with Gasteiger partial charge in [0.15, 0.2) is 0 Å². The first-order valence-corrected chi connectivity index (χ1v) is 7.48. The Bertz CT molecular complexity index is 570. The minimum Gasteiger partial charge on any atom is -0.481 e. The summed E-state index contributed by atoms with van der Waals surface area (Å²) in [5, 5.41) is 11.0. The SMILES string of the molecule is CC(C)=C(/C=C(\C)Cl)c1ccc(C)nc1.O=CNCCC(=O)O. The summed E-state index contributed by atoms with van der Waals surface area (Å²) in [6.07, 6.45) is 4.32. The van der Waals surface area contributed by atoms with Crippen LogP contribution in [0.2, 0.25) is 0 Å². The molecule has 1 aromatic heterocycles. The minimum absolute atomic E-state index is 0.0151. The molecule has 0 bridgehead atoms. The number of nitrogens with one attached hydrogen (secondary N) is 1. The van der Waals surface area contributed by atoms with Crippen molar-refractivity contribution in [1.82, 2.24) is 10.3 Å². The number of aliphatic carboxylic acids is 1. The monoisotopic (exact) mass is 338 g/mol. The third-order valence-electron chi connectivity index (χ3n) is 2.67. The summed E-state index contributed by atoms with van der Waals surface area (Å²) in [5.74, 6) is -0.903. The van der Waals surface area contributed by atoms with E-state index >= 15 is 0 Å². The van der Waals surface area contributed by atoms with Gasteiger partial charge in [-0.2, -0.15) is 0 Å². The largest absolute Gasteiger partial charge is 0.481 e. The first-order valence-electron chi connectivity index (χ1n) is 7.11. The van der Waals surface area contributed by atoms with Crippen molar-refractivity contribution in [3.8, 4) is 0 Å². The van der Waals surface area contributed by atoms with E-state index in [-0.39, 0.29) is 13.0 Å². The average molecular weight is 339 g/mol. The normalized spacial score (nSPS) is 10.2. The van der Waals surface area contributed by atoms with Gasteiger partial charge in [-0.3, -0.25) is 14.6 Å². The van der Waals surface area contributed by atoms with Crippen molar-refractivity contribution < 1.29 is 14.7 Å². The van der Waals surface area contributed by atoms with E-state index in [1.165, 1.54) is 5.57 Å². The number of hydrogen-bond donors (Lipinski definition) is 2. The fourth-order valence-corrected chi connectivity index (χ4v) is 1.69. The summed E-state index contributed by atoms with van der Waals surface area (Å²) >= 11 is 5.90. The van der Waals surface area contributed by atoms with Gasteiger partial charge in [0.1, 0.15) is 0 Å². The van der Waals surface area contributed by atoms with Crippen molar-refractivity contribution in [2.45, 2.75) is 34.1 Å². The van der Waals surface area contributed by atoms with E-state index in [4.69, 9.17) is 16.7 Å². The van der Waals surface area contributed by atoms with Gasteiger partial charge < -0.3 is 10.4 Å². The zero-order chi connectivity index (χ0) is 17.8. The van der Waals surface area contributed by atoms with Gasteiger partial charge in [0, 0.05) is 23.5 Å². The van der Waals surface area contributed by atoms with E-state index in [1.54, 1.807) is 0 Å². The summed E-state index contributed by atoms with van der Waals surface area (Å²) in [5.41, 5.74) is 4.52. The third-order valence-corrected chi connectivity index (χ3v) is 2.78. The summed E-state index contributed by atoms with van der Waals surface area (Å²) < 4.78 is 0. The molecule has 1 aromatic rings.